The number of fused-ring (bicyclic) bond motifs is 1. The summed E-state index contributed by atoms with van der Waals surface area (Å²) < 4.78 is 0. The zero-order chi connectivity index (χ0) is 35.4. The third-order valence-electron chi connectivity index (χ3n) is 10.1. The second-order valence-corrected chi connectivity index (χ2v) is 13.4. The molecule has 0 bridgehead atoms. The molecular weight excluding hydrogens is 639 g/mol. The highest BCUT2D eigenvalue weighted by molar-refractivity contribution is 5.97. The minimum atomic E-state index is 1.09. The quantitative estimate of drug-likeness (QED) is 0.155. The summed E-state index contributed by atoms with van der Waals surface area (Å²) in [6, 6.07) is 80.8. The van der Waals surface area contributed by atoms with Gasteiger partial charge in [0.2, 0.25) is 0 Å². The maximum absolute atomic E-state index is 2.40. The van der Waals surface area contributed by atoms with Gasteiger partial charge in [-0.05, 0) is 103 Å². The van der Waals surface area contributed by atoms with Crippen LogP contribution in [0.2, 0.25) is 0 Å². The maximum atomic E-state index is 2.40. The fraction of sp³-hybridized carbons (Fsp3) is 0. The molecule has 9 aromatic rings. The number of anilines is 3. The SMILES string of the molecule is c1ccc(-c2cccc(-c3ccccc3N(c3ccc(-c4cccc(-c5cccc6ccccc56)c4)cc3)c3cccc(-c4ccccc4)c3)c2)cc1. The first-order valence-electron chi connectivity index (χ1n) is 18.2. The number of benzene rings is 9. The zero-order valence-electron chi connectivity index (χ0n) is 29.3. The van der Waals surface area contributed by atoms with E-state index in [1.807, 2.05) is 0 Å². The second-order valence-electron chi connectivity index (χ2n) is 13.4. The van der Waals surface area contributed by atoms with E-state index in [2.05, 4.69) is 229 Å². The third kappa shape index (κ3) is 6.53. The van der Waals surface area contributed by atoms with E-state index < -0.39 is 0 Å². The number of rotatable bonds is 8. The largest absolute Gasteiger partial charge is 0.310 e. The van der Waals surface area contributed by atoms with Crippen molar-refractivity contribution in [3.63, 3.8) is 0 Å². The molecule has 0 fully saturated rings. The van der Waals surface area contributed by atoms with Crippen molar-refractivity contribution in [1.29, 1.82) is 0 Å². The van der Waals surface area contributed by atoms with Crippen LogP contribution in [0.5, 0.6) is 0 Å². The Morgan fingerprint density at radius 1 is 0.245 bits per heavy atom. The standard InChI is InChI=1S/C52H37N/c1-3-15-38(16-4-1)42-21-12-25-46(36-42)51-28-9-10-30-52(51)53(48-26-13-23-44(37-48)39-17-5-2-6-18-39)47-33-31-40(32-34-47)43-22-11-24-45(35-43)50-29-14-20-41-19-7-8-27-49(41)50/h1-37H. The van der Waals surface area contributed by atoms with Crippen LogP contribution < -0.4 is 4.90 Å². The summed E-state index contributed by atoms with van der Waals surface area (Å²) in [7, 11) is 0. The Hall–Kier alpha value is -6.96. The lowest BCUT2D eigenvalue weighted by Gasteiger charge is -2.28. The molecule has 9 aromatic carbocycles. The topological polar surface area (TPSA) is 3.24 Å². The van der Waals surface area contributed by atoms with Gasteiger partial charge in [0.15, 0.2) is 0 Å². The molecule has 0 heterocycles. The van der Waals surface area contributed by atoms with Gasteiger partial charge in [0.05, 0.1) is 5.69 Å². The Bertz CT molecular complexity index is 2650. The summed E-state index contributed by atoms with van der Waals surface area (Å²) in [6.07, 6.45) is 0. The fourth-order valence-corrected chi connectivity index (χ4v) is 7.44. The average Bonchev–Trinajstić information content (AvgIpc) is 3.25. The monoisotopic (exact) mass is 675 g/mol. The van der Waals surface area contributed by atoms with Crippen molar-refractivity contribution in [3.05, 3.63) is 224 Å². The molecule has 0 saturated heterocycles. The summed E-state index contributed by atoms with van der Waals surface area (Å²) in [6.45, 7) is 0. The van der Waals surface area contributed by atoms with Gasteiger partial charge in [-0.2, -0.15) is 0 Å². The van der Waals surface area contributed by atoms with Crippen molar-refractivity contribution < 1.29 is 0 Å². The van der Waals surface area contributed by atoms with E-state index in [0.717, 1.165) is 17.1 Å². The Kier molecular flexibility index (Phi) is 8.66. The van der Waals surface area contributed by atoms with Crippen molar-refractivity contribution >= 4 is 27.8 Å². The lowest BCUT2D eigenvalue weighted by Crippen LogP contribution is -2.11. The van der Waals surface area contributed by atoms with Gasteiger partial charge in [0.1, 0.15) is 0 Å². The van der Waals surface area contributed by atoms with E-state index in [4.69, 9.17) is 0 Å². The van der Waals surface area contributed by atoms with Gasteiger partial charge in [-0.3, -0.25) is 0 Å². The Balaban J connectivity index is 1.15. The molecule has 0 aliphatic heterocycles. The molecule has 0 aromatic heterocycles. The lowest BCUT2D eigenvalue weighted by atomic mass is 9.95. The van der Waals surface area contributed by atoms with Crippen LogP contribution in [0.15, 0.2) is 224 Å². The highest BCUT2D eigenvalue weighted by Gasteiger charge is 2.18. The molecule has 250 valence electrons. The molecule has 9 rings (SSSR count). The highest BCUT2D eigenvalue weighted by atomic mass is 15.1. The molecule has 0 N–H and O–H groups in total. The lowest BCUT2D eigenvalue weighted by molar-refractivity contribution is 1.28. The predicted octanol–water partition coefficient (Wildman–Crippen LogP) is 14.6. The zero-order valence-corrected chi connectivity index (χ0v) is 29.3. The normalized spacial score (nSPS) is 11.0. The van der Waals surface area contributed by atoms with Crippen LogP contribution in [0.3, 0.4) is 0 Å². The summed E-state index contributed by atoms with van der Waals surface area (Å²) in [5.41, 5.74) is 15.3. The maximum Gasteiger partial charge on any atom is 0.0540 e. The van der Waals surface area contributed by atoms with Crippen LogP contribution in [0, 0.1) is 0 Å². The molecule has 53 heavy (non-hydrogen) atoms. The van der Waals surface area contributed by atoms with E-state index in [-0.39, 0.29) is 0 Å². The summed E-state index contributed by atoms with van der Waals surface area (Å²) >= 11 is 0. The van der Waals surface area contributed by atoms with Crippen molar-refractivity contribution in [1.82, 2.24) is 0 Å². The highest BCUT2D eigenvalue weighted by Crippen LogP contribution is 2.43. The molecule has 0 spiro atoms. The molecule has 1 heteroatoms. The second kappa shape index (κ2) is 14.3. The van der Waals surface area contributed by atoms with Crippen molar-refractivity contribution in [2.24, 2.45) is 0 Å². The van der Waals surface area contributed by atoms with E-state index in [0.29, 0.717) is 0 Å². The van der Waals surface area contributed by atoms with E-state index in [1.54, 1.807) is 0 Å². The van der Waals surface area contributed by atoms with Crippen molar-refractivity contribution in [2.75, 3.05) is 4.90 Å². The molecule has 0 amide bonds. The molecule has 0 aliphatic rings. The average molecular weight is 676 g/mol. The van der Waals surface area contributed by atoms with Crippen LogP contribution in [-0.2, 0) is 0 Å². The Morgan fingerprint density at radius 3 is 1.40 bits per heavy atom. The smallest absolute Gasteiger partial charge is 0.0540 e. The van der Waals surface area contributed by atoms with Gasteiger partial charge in [0.25, 0.3) is 0 Å². The van der Waals surface area contributed by atoms with Crippen LogP contribution in [-0.4, -0.2) is 0 Å². The number of hydrogen-bond acceptors (Lipinski definition) is 1. The van der Waals surface area contributed by atoms with Crippen LogP contribution >= 0.6 is 0 Å². The fourth-order valence-electron chi connectivity index (χ4n) is 7.44. The van der Waals surface area contributed by atoms with Gasteiger partial charge in [-0.1, -0.05) is 182 Å². The third-order valence-corrected chi connectivity index (χ3v) is 10.1. The predicted molar refractivity (Wildman–Crippen MR) is 226 cm³/mol. The molecule has 0 atom stereocenters. The Labute approximate surface area is 311 Å². The minimum Gasteiger partial charge on any atom is -0.310 e. The van der Waals surface area contributed by atoms with Gasteiger partial charge in [-0.15, -0.1) is 0 Å². The van der Waals surface area contributed by atoms with Gasteiger partial charge in [0, 0.05) is 16.9 Å². The van der Waals surface area contributed by atoms with Crippen molar-refractivity contribution in [2.45, 2.75) is 0 Å². The molecule has 0 radical (unpaired) electrons. The van der Waals surface area contributed by atoms with Crippen LogP contribution in [0.1, 0.15) is 0 Å². The first kappa shape index (κ1) is 32.0. The molecule has 0 saturated carbocycles. The molecule has 0 unspecified atom stereocenters. The van der Waals surface area contributed by atoms with Gasteiger partial charge < -0.3 is 4.90 Å². The van der Waals surface area contributed by atoms with Gasteiger partial charge in [-0.25, -0.2) is 0 Å². The van der Waals surface area contributed by atoms with E-state index >= 15 is 0 Å². The first-order chi connectivity index (χ1) is 26.3. The summed E-state index contributed by atoms with van der Waals surface area (Å²) in [4.78, 5) is 2.40. The Morgan fingerprint density at radius 2 is 0.698 bits per heavy atom. The van der Waals surface area contributed by atoms with E-state index in [9.17, 15) is 0 Å². The number of para-hydroxylation sites is 1. The number of hydrogen-bond donors (Lipinski definition) is 0. The van der Waals surface area contributed by atoms with Crippen LogP contribution in [0.4, 0.5) is 17.1 Å². The van der Waals surface area contributed by atoms with Crippen LogP contribution in [0.25, 0.3) is 66.4 Å². The first-order valence-corrected chi connectivity index (χ1v) is 18.2. The molecule has 0 aliphatic carbocycles. The van der Waals surface area contributed by atoms with E-state index in [1.165, 1.54) is 66.4 Å². The van der Waals surface area contributed by atoms with Crippen molar-refractivity contribution in [3.8, 4) is 55.6 Å². The summed E-state index contributed by atoms with van der Waals surface area (Å²) in [5, 5.41) is 2.52. The summed E-state index contributed by atoms with van der Waals surface area (Å²) in [5.74, 6) is 0. The number of nitrogens with zero attached hydrogens (tertiary/aromatic N) is 1. The molecular formula is C52H37N. The molecule has 1 nitrogen and oxygen atoms in total. The minimum absolute atomic E-state index is 1.09. The van der Waals surface area contributed by atoms with Gasteiger partial charge >= 0.3 is 0 Å².